The number of aromatic nitrogens is 1. The van der Waals surface area contributed by atoms with Crippen LogP contribution in [0.25, 0.3) is 11.0 Å². The van der Waals surface area contributed by atoms with Crippen molar-refractivity contribution in [3.8, 4) is 17.2 Å². The molecule has 8 nitrogen and oxygen atoms in total. The Balaban J connectivity index is 2.15. The second kappa shape index (κ2) is 8.40. The predicted octanol–water partition coefficient (Wildman–Crippen LogP) is 3.76. The first-order valence-corrected chi connectivity index (χ1v) is 10.5. The largest absolute Gasteiger partial charge is 0.495 e. The van der Waals surface area contributed by atoms with Gasteiger partial charge in [-0.1, -0.05) is 22.8 Å². The molecule has 1 aromatic heterocycles. The van der Waals surface area contributed by atoms with Crippen LogP contribution in [0, 0.1) is 0 Å². The van der Waals surface area contributed by atoms with Crippen LogP contribution < -0.4 is 18.9 Å². The van der Waals surface area contributed by atoms with Crippen molar-refractivity contribution >= 4 is 44.0 Å². The Morgan fingerprint density at radius 2 is 1.83 bits per heavy atom. The molecule has 0 spiro atoms. The molecule has 0 amide bonds. The number of benzene rings is 2. The Morgan fingerprint density at radius 3 is 2.38 bits per heavy atom. The van der Waals surface area contributed by atoms with Gasteiger partial charge in [-0.25, -0.2) is 4.21 Å². The Labute approximate surface area is 173 Å². The highest BCUT2D eigenvalue weighted by molar-refractivity contribution is 8.01. The highest BCUT2D eigenvalue weighted by Crippen LogP contribution is 2.42. The van der Waals surface area contributed by atoms with Crippen LogP contribution in [0.4, 0.5) is 5.82 Å². The Hall–Kier alpha value is -2.62. The molecule has 3 aromatic rings. The third kappa shape index (κ3) is 3.81. The highest BCUT2D eigenvalue weighted by atomic mass is 35.5. The van der Waals surface area contributed by atoms with E-state index in [-0.39, 0.29) is 17.3 Å². The van der Waals surface area contributed by atoms with E-state index in [4.69, 9.17) is 35.1 Å². The summed E-state index contributed by atoms with van der Waals surface area (Å²) in [5, 5.41) is 4.78. The fourth-order valence-corrected chi connectivity index (χ4v) is 4.76. The van der Waals surface area contributed by atoms with Crippen molar-refractivity contribution in [3.05, 3.63) is 34.9 Å². The number of rotatable bonds is 8. The van der Waals surface area contributed by atoms with Gasteiger partial charge in [-0.05, 0) is 24.1 Å². The Bertz CT molecular complexity index is 1120. The van der Waals surface area contributed by atoms with Crippen LogP contribution in [-0.2, 0) is 21.1 Å². The molecule has 0 bridgehead atoms. The van der Waals surface area contributed by atoms with Gasteiger partial charge in [0, 0.05) is 12.7 Å². The maximum atomic E-state index is 13.6. The van der Waals surface area contributed by atoms with Gasteiger partial charge in [0.15, 0.2) is 17.2 Å². The summed E-state index contributed by atoms with van der Waals surface area (Å²) in [5.41, 5.74) is 1.06. The number of halogens is 1. The molecule has 0 aliphatic heterocycles. The number of ether oxygens (including phenoxy) is 4. The van der Waals surface area contributed by atoms with Crippen molar-refractivity contribution in [2.24, 2.45) is 0 Å². The van der Waals surface area contributed by atoms with E-state index in [0.717, 1.165) is 0 Å². The van der Waals surface area contributed by atoms with Crippen molar-refractivity contribution in [3.63, 3.8) is 0 Å². The minimum Gasteiger partial charge on any atom is -0.495 e. The van der Waals surface area contributed by atoms with E-state index < -0.39 is 9.71 Å². The van der Waals surface area contributed by atoms with Crippen LogP contribution in [0.2, 0.25) is 5.02 Å². The summed E-state index contributed by atoms with van der Waals surface area (Å²) in [7, 11) is 2.80. The smallest absolute Gasteiger partial charge is 0.192 e. The van der Waals surface area contributed by atoms with Crippen LogP contribution in [0.3, 0.4) is 0 Å². The van der Waals surface area contributed by atoms with Gasteiger partial charge in [-0.15, -0.1) is 0 Å². The standard InChI is InChI=1S/C19H21ClN2O6S/c1-24-10-11-9-14-15(17(27-4)16(11)20)19(21-28-14)22-29(5,23)18-12(25-2)7-6-8-13(18)26-3/h6-9H,5,10H2,1-4H3,(H,21,22,23). The predicted molar refractivity (Wildman–Crippen MR) is 113 cm³/mol. The number of anilines is 1. The lowest BCUT2D eigenvalue weighted by molar-refractivity contribution is 0.184. The number of methoxy groups -OCH3 is 4. The molecule has 1 unspecified atom stereocenters. The fourth-order valence-electron chi connectivity index (χ4n) is 2.97. The second-order valence-electron chi connectivity index (χ2n) is 5.99. The van der Waals surface area contributed by atoms with Gasteiger partial charge in [0.25, 0.3) is 0 Å². The van der Waals surface area contributed by atoms with Crippen molar-refractivity contribution in [2.75, 3.05) is 33.2 Å². The topological polar surface area (TPSA) is 92.1 Å². The number of hydrogen-bond donors (Lipinski definition) is 1. The van der Waals surface area contributed by atoms with E-state index >= 15 is 0 Å². The van der Waals surface area contributed by atoms with Crippen LogP contribution in [0.5, 0.6) is 17.2 Å². The molecule has 3 rings (SSSR count). The SMILES string of the molecule is C=S(=O)(Nc1noc2cc(COC)c(Cl)c(OC)c12)c1c(OC)cccc1OC. The minimum atomic E-state index is -3.16. The summed E-state index contributed by atoms with van der Waals surface area (Å²) in [5.74, 6) is 5.05. The summed E-state index contributed by atoms with van der Waals surface area (Å²) in [4.78, 5) is 0.266. The molecule has 29 heavy (non-hydrogen) atoms. The van der Waals surface area contributed by atoms with E-state index in [1.807, 2.05) is 0 Å². The molecule has 0 aliphatic carbocycles. The zero-order valence-corrected chi connectivity index (χ0v) is 18.0. The lowest BCUT2D eigenvalue weighted by atomic mass is 10.1. The number of nitrogens with one attached hydrogen (secondary N) is 1. The molecule has 2 aromatic carbocycles. The first-order valence-electron chi connectivity index (χ1n) is 8.37. The molecule has 10 heteroatoms. The second-order valence-corrected chi connectivity index (χ2v) is 8.33. The molecule has 0 fully saturated rings. The molecule has 0 aliphatic rings. The van der Waals surface area contributed by atoms with Gasteiger partial charge < -0.3 is 23.5 Å². The van der Waals surface area contributed by atoms with Crippen molar-refractivity contribution in [2.45, 2.75) is 11.5 Å². The van der Waals surface area contributed by atoms with Crippen LogP contribution in [0.1, 0.15) is 5.56 Å². The number of hydrogen-bond acceptors (Lipinski definition) is 7. The quantitative estimate of drug-likeness (QED) is 0.533. The van der Waals surface area contributed by atoms with E-state index in [0.29, 0.717) is 38.8 Å². The summed E-state index contributed by atoms with van der Waals surface area (Å²) in [6, 6.07) is 6.75. The monoisotopic (exact) mass is 440 g/mol. The third-order valence-electron chi connectivity index (χ3n) is 4.21. The van der Waals surface area contributed by atoms with Crippen LogP contribution in [0.15, 0.2) is 33.7 Å². The van der Waals surface area contributed by atoms with Crippen molar-refractivity contribution in [1.82, 2.24) is 5.16 Å². The van der Waals surface area contributed by atoms with E-state index in [1.165, 1.54) is 21.3 Å². The zero-order valence-electron chi connectivity index (χ0n) is 16.4. The molecule has 0 radical (unpaired) electrons. The van der Waals surface area contributed by atoms with Crippen LogP contribution in [-0.4, -0.2) is 43.7 Å². The molecule has 0 saturated heterocycles. The van der Waals surface area contributed by atoms with Gasteiger partial charge >= 0.3 is 0 Å². The third-order valence-corrected chi connectivity index (χ3v) is 6.21. The minimum absolute atomic E-state index is 0.163. The molecule has 0 saturated carbocycles. The van der Waals surface area contributed by atoms with Gasteiger partial charge in [0.1, 0.15) is 21.8 Å². The van der Waals surface area contributed by atoms with Crippen molar-refractivity contribution in [1.29, 1.82) is 0 Å². The first-order chi connectivity index (χ1) is 13.9. The summed E-state index contributed by atoms with van der Waals surface area (Å²) >= 11 is 6.45. The Morgan fingerprint density at radius 1 is 1.17 bits per heavy atom. The van der Waals surface area contributed by atoms with E-state index in [1.54, 1.807) is 31.4 Å². The molecule has 1 atom stereocenters. The normalized spacial score (nSPS) is 13.1. The molecule has 156 valence electrons. The van der Waals surface area contributed by atoms with E-state index in [2.05, 4.69) is 15.7 Å². The summed E-state index contributed by atoms with van der Waals surface area (Å²) in [6.07, 6.45) is 0. The average Bonchev–Trinajstić information content (AvgIpc) is 3.09. The Kier molecular flexibility index (Phi) is 6.11. The maximum Gasteiger partial charge on any atom is 0.192 e. The van der Waals surface area contributed by atoms with Gasteiger partial charge in [-0.2, -0.15) is 0 Å². The molecular formula is C19H21ClN2O6S. The molecular weight excluding hydrogens is 420 g/mol. The zero-order chi connectivity index (χ0) is 21.2. The lowest BCUT2D eigenvalue weighted by Crippen LogP contribution is -2.15. The summed E-state index contributed by atoms with van der Waals surface area (Å²) < 4.78 is 43.1. The number of fused-ring (bicyclic) bond motifs is 1. The maximum absolute atomic E-state index is 13.6. The fraction of sp³-hybridized carbons (Fsp3) is 0.263. The average molecular weight is 441 g/mol. The highest BCUT2D eigenvalue weighted by Gasteiger charge is 2.25. The summed E-state index contributed by atoms with van der Waals surface area (Å²) in [6.45, 7) is 0.263. The molecule has 1 N–H and O–H groups in total. The van der Waals surface area contributed by atoms with E-state index in [9.17, 15) is 4.21 Å². The molecule has 1 heterocycles. The van der Waals surface area contributed by atoms with Crippen molar-refractivity contribution < 1.29 is 27.7 Å². The van der Waals surface area contributed by atoms with Gasteiger partial charge in [0.2, 0.25) is 0 Å². The number of nitrogens with zero attached hydrogens (tertiary/aromatic N) is 1. The van der Waals surface area contributed by atoms with Gasteiger partial charge in [0.05, 0.1) is 42.7 Å². The van der Waals surface area contributed by atoms with Gasteiger partial charge in [-0.3, -0.25) is 4.72 Å². The van der Waals surface area contributed by atoms with Crippen LogP contribution >= 0.6 is 11.6 Å². The first kappa shape index (κ1) is 21.1. The lowest BCUT2D eigenvalue weighted by Gasteiger charge is -2.17.